The molecule has 1 atom stereocenters. The SMILES string of the molecule is CC1=CC(C)(C)N(C(C(=O)NN)C(C)C)c2ccc(F)cc21. The molecule has 0 aromatic heterocycles. The van der Waals surface area contributed by atoms with Crippen molar-refractivity contribution in [1.82, 2.24) is 5.43 Å². The number of hydrazine groups is 1. The van der Waals surface area contributed by atoms with E-state index in [-0.39, 0.29) is 23.2 Å². The molecule has 1 aliphatic rings. The Kier molecular flexibility index (Phi) is 4.29. The van der Waals surface area contributed by atoms with Crippen molar-refractivity contribution in [1.29, 1.82) is 0 Å². The number of fused-ring (bicyclic) bond motifs is 1. The molecule has 3 N–H and O–H groups in total. The van der Waals surface area contributed by atoms with Crippen LogP contribution in [0.1, 0.15) is 40.2 Å². The van der Waals surface area contributed by atoms with E-state index in [1.807, 2.05) is 39.5 Å². The molecule has 0 bridgehead atoms. The van der Waals surface area contributed by atoms with Gasteiger partial charge in [0, 0.05) is 11.3 Å². The van der Waals surface area contributed by atoms with Gasteiger partial charge in [0.15, 0.2) is 0 Å². The summed E-state index contributed by atoms with van der Waals surface area (Å²) in [6, 6.07) is 4.25. The lowest BCUT2D eigenvalue weighted by Crippen LogP contribution is -2.59. The van der Waals surface area contributed by atoms with Crippen LogP contribution in [-0.4, -0.2) is 17.5 Å². The molecule has 0 radical (unpaired) electrons. The van der Waals surface area contributed by atoms with Crippen LogP contribution in [0.4, 0.5) is 10.1 Å². The molecular weight excluding hydrogens is 281 g/mol. The topological polar surface area (TPSA) is 58.4 Å². The fourth-order valence-electron chi connectivity index (χ4n) is 3.33. The van der Waals surface area contributed by atoms with E-state index >= 15 is 0 Å². The number of nitrogens with zero attached hydrogens (tertiary/aromatic N) is 1. The van der Waals surface area contributed by atoms with Gasteiger partial charge in [0.1, 0.15) is 11.9 Å². The number of anilines is 1. The Hall–Kier alpha value is -1.88. The first kappa shape index (κ1) is 16.5. The number of halogens is 1. The first-order valence-corrected chi connectivity index (χ1v) is 7.48. The minimum atomic E-state index is -0.437. The molecule has 0 spiro atoms. The van der Waals surface area contributed by atoms with E-state index in [2.05, 4.69) is 11.5 Å². The predicted molar refractivity (Wildman–Crippen MR) is 87.6 cm³/mol. The molecule has 1 aromatic carbocycles. The average Bonchev–Trinajstić information content (AvgIpc) is 2.42. The van der Waals surface area contributed by atoms with Crippen molar-refractivity contribution >= 4 is 17.2 Å². The number of benzene rings is 1. The lowest BCUT2D eigenvalue weighted by Gasteiger charge is -2.48. The molecule has 1 aromatic rings. The number of carbonyl (C=O) groups is 1. The minimum Gasteiger partial charge on any atom is -0.350 e. The van der Waals surface area contributed by atoms with Gasteiger partial charge in [0.05, 0.1) is 5.54 Å². The molecule has 5 heteroatoms. The molecule has 0 saturated heterocycles. The molecule has 1 heterocycles. The first-order chi connectivity index (χ1) is 10.2. The van der Waals surface area contributed by atoms with Gasteiger partial charge in [0.25, 0.3) is 5.91 Å². The molecule has 0 aliphatic carbocycles. The fraction of sp³-hybridized carbons (Fsp3) is 0.471. The maximum atomic E-state index is 13.6. The van der Waals surface area contributed by atoms with Crippen molar-refractivity contribution in [3.05, 3.63) is 35.7 Å². The molecule has 0 saturated carbocycles. The van der Waals surface area contributed by atoms with Crippen LogP contribution in [0.2, 0.25) is 0 Å². The highest BCUT2D eigenvalue weighted by Crippen LogP contribution is 2.41. The smallest absolute Gasteiger partial charge is 0.256 e. The van der Waals surface area contributed by atoms with E-state index in [0.29, 0.717) is 0 Å². The summed E-state index contributed by atoms with van der Waals surface area (Å²) in [6.45, 7) is 10.0. The van der Waals surface area contributed by atoms with Crippen LogP contribution in [0.3, 0.4) is 0 Å². The number of amides is 1. The molecule has 1 aliphatic heterocycles. The summed E-state index contributed by atoms with van der Waals surface area (Å²) in [5, 5.41) is 0. The average molecular weight is 305 g/mol. The number of rotatable bonds is 3. The normalized spacial score (nSPS) is 17.8. The number of hydrogen-bond donors (Lipinski definition) is 2. The third-order valence-corrected chi connectivity index (χ3v) is 4.15. The van der Waals surface area contributed by atoms with Crippen LogP contribution in [-0.2, 0) is 4.79 Å². The van der Waals surface area contributed by atoms with Gasteiger partial charge in [-0.25, -0.2) is 10.2 Å². The lowest BCUT2D eigenvalue weighted by atomic mass is 9.85. The molecule has 22 heavy (non-hydrogen) atoms. The zero-order valence-corrected chi connectivity index (χ0v) is 13.8. The number of nitrogens with two attached hydrogens (primary N) is 1. The minimum absolute atomic E-state index is 0.0486. The summed E-state index contributed by atoms with van der Waals surface area (Å²) in [6.07, 6.45) is 2.06. The zero-order valence-electron chi connectivity index (χ0n) is 13.8. The van der Waals surface area contributed by atoms with Crippen molar-refractivity contribution < 1.29 is 9.18 Å². The Labute approximate surface area is 131 Å². The highest BCUT2D eigenvalue weighted by molar-refractivity contribution is 5.90. The van der Waals surface area contributed by atoms with Crippen molar-refractivity contribution in [2.24, 2.45) is 11.8 Å². The first-order valence-electron chi connectivity index (χ1n) is 7.48. The largest absolute Gasteiger partial charge is 0.350 e. The monoisotopic (exact) mass is 305 g/mol. The number of carbonyl (C=O) groups excluding carboxylic acids is 1. The standard InChI is InChI=1S/C17H24FN3O/c1-10(2)15(16(22)20-19)21-14-7-6-12(18)8-13(14)11(3)9-17(21,4)5/h6-10,15H,19H2,1-5H3,(H,20,22). The van der Waals surface area contributed by atoms with E-state index in [1.54, 1.807) is 6.07 Å². The Bertz CT molecular complexity index is 622. The third-order valence-electron chi connectivity index (χ3n) is 4.15. The van der Waals surface area contributed by atoms with Gasteiger partial charge in [-0.1, -0.05) is 19.9 Å². The second kappa shape index (κ2) is 5.72. The molecular formula is C17H24FN3O. The highest BCUT2D eigenvalue weighted by Gasteiger charge is 2.40. The van der Waals surface area contributed by atoms with Gasteiger partial charge < -0.3 is 4.90 Å². The molecule has 1 unspecified atom stereocenters. The molecule has 120 valence electrons. The Balaban J connectivity index is 2.65. The number of allylic oxidation sites excluding steroid dienone is 1. The number of nitrogens with one attached hydrogen (secondary N) is 1. The molecule has 2 rings (SSSR count). The van der Waals surface area contributed by atoms with Crippen molar-refractivity contribution in [3.63, 3.8) is 0 Å². The van der Waals surface area contributed by atoms with Crippen molar-refractivity contribution in [3.8, 4) is 0 Å². The summed E-state index contributed by atoms with van der Waals surface area (Å²) >= 11 is 0. The maximum absolute atomic E-state index is 13.6. The predicted octanol–water partition coefficient (Wildman–Crippen LogP) is 2.84. The van der Waals surface area contributed by atoms with Gasteiger partial charge in [-0.15, -0.1) is 0 Å². The molecule has 4 nitrogen and oxygen atoms in total. The number of hydrogen-bond acceptors (Lipinski definition) is 3. The van der Waals surface area contributed by atoms with Crippen LogP contribution in [0.5, 0.6) is 0 Å². The van der Waals surface area contributed by atoms with E-state index < -0.39 is 6.04 Å². The van der Waals surface area contributed by atoms with Gasteiger partial charge in [-0.2, -0.15) is 0 Å². The van der Waals surface area contributed by atoms with E-state index in [4.69, 9.17) is 5.84 Å². The summed E-state index contributed by atoms with van der Waals surface area (Å²) in [5.41, 5.74) is 4.56. The summed E-state index contributed by atoms with van der Waals surface area (Å²) in [5.74, 6) is 4.90. The van der Waals surface area contributed by atoms with Crippen LogP contribution in [0.25, 0.3) is 5.57 Å². The van der Waals surface area contributed by atoms with Gasteiger partial charge in [0.2, 0.25) is 0 Å². The molecule has 1 amide bonds. The second-order valence-corrected chi connectivity index (χ2v) is 6.71. The van der Waals surface area contributed by atoms with Gasteiger partial charge in [-0.3, -0.25) is 10.2 Å². The van der Waals surface area contributed by atoms with Crippen LogP contribution >= 0.6 is 0 Å². The van der Waals surface area contributed by atoms with E-state index in [1.165, 1.54) is 12.1 Å². The summed E-state index contributed by atoms with van der Waals surface area (Å²) in [7, 11) is 0. The summed E-state index contributed by atoms with van der Waals surface area (Å²) < 4.78 is 13.6. The maximum Gasteiger partial charge on any atom is 0.256 e. The van der Waals surface area contributed by atoms with Gasteiger partial charge >= 0.3 is 0 Å². The Morgan fingerprint density at radius 3 is 2.55 bits per heavy atom. The summed E-state index contributed by atoms with van der Waals surface area (Å²) in [4.78, 5) is 14.4. The van der Waals surface area contributed by atoms with Crippen LogP contribution < -0.4 is 16.2 Å². The van der Waals surface area contributed by atoms with Gasteiger partial charge in [-0.05, 0) is 50.5 Å². The van der Waals surface area contributed by atoms with E-state index in [0.717, 1.165) is 16.8 Å². The third kappa shape index (κ3) is 2.73. The van der Waals surface area contributed by atoms with E-state index in [9.17, 15) is 9.18 Å². The molecule has 0 fully saturated rings. The van der Waals surface area contributed by atoms with Crippen LogP contribution in [0, 0.1) is 11.7 Å². The van der Waals surface area contributed by atoms with Crippen molar-refractivity contribution in [2.45, 2.75) is 46.2 Å². The van der Waals surface area contributed by atoms with Crippen LogP contribution in [0.15, 0.2) is 24.3 Å². The Morgan fingerprint density at radius 1 is 1.36 bits per heavy atom. The Morgan fingerprint density at radius 2 is 2.00 bits per heavy atom. The van der Waals surface area contributed by atoms with Crippen molar-refractivity contribution in [2.75, 3.05) is 4.90 Å². The lowest BCUT2D eigenvalue weighted by molar-refractivity contribution is -0.123. The fourth-order valence-corrected chi connectivity index (χ4v) is 3.33. The zero-order chi connectivity index (χ0) is 16.7. The second-order valence-electron chi connectivity index (χ2n) is 6.71. The highest BCUT2D eigenvalue weighted by atomic mass is 19.1. The quantitative estimate of drug-likeness (QED) is 0.513.